The Morgan fingerprint density at radius 2 is 2.10 bits per heavy atom. The van der Waals surface area contributed by atoms with Gasteiger partial charge in [-0.2, -0.15) is 4.98 Å². The number of hydrogen-bond donors (Lipinski definition) is 1. The summed E-state index contributed by atoms with van der Waals surface area (Å²) in [5.41, 5.74) is 1.79. The highest BCUT2D eigenvalue weighted by Crippen LogP contribution is 2.40. The predicted molar refractivity (Wildman–Crippen MR) is 82.0 cm³/mol. The molecule has 5 heteroatoms. The largest absolute Gasteiger partial charge is 0.437 e. The van der Waals surface area contributed by atoms with Gasteiger partial charge in [-0.05, 0) is 45.7 Å². The van der Waals surface area contributed by atoms with Crippen molar-refractivity contribution >= 4 is 5.82 Å². The number of ether oxygens (including phenoxy) is 1. The van der Waals surface area contributed by atoms with Gasteiger partial charge in [0.25, 0.3) is 0 Å². The summed E-state index contributed by atoms with van der Waals surface area (Å²) in [5, 5.41) is 3.29. The fraction of sp³-hybridized carbons (Fsp3) is 0.438. The molecule has 0 atom stereocenters. The zero-order valence-corrected chi connectivity index (χ0v) is 12.7. The maximum atomic E-state index is 5.99. The van der Waals surface area contributed by atoms with Crippen molar-refractivity contribution in [1.82, 2.24) is 15.0 Å². The summed E-state index contributed by atoms with van der Waals surface area (Å²) in [6.45, 7) is 6.80. The number of hydrogen-bond acceptors (Lipinski definition) is 5. The predicted octanol–water partition coefficient (Wildman–Crippen LogP) is 3.59. The lowest BCUT2D eigenvalue weighted by molar-refractivity contribution is 0.449. The van der Waals surface area contributed by atoms with E-state index in [0.29, 0.717) is 11.8 Å². The van der Waals surface area contributed by atoms with E-state index in [4.69, 9.17) is 4.74 Å². The van der Waals surface area contributed by atoms with Crippen LogP contribution in [0.15, 0.2) is 18.3 Å². The molecule has 5 nitrogen and oxygen atoms in total. The molecule has 0 amide bonds. The van der Waals surface area contributed by atoms with Crippen LogP contribution in [-0.4, -0.2) is 21.5 Å². The SMILES string of the molecule is CCNc1nc(C2CC2)nc(Oc2cccnc2C)c1C. The molecule has 1 saturated carbocycles. The van der Waals surface area contributed by atoms with E-state index in [0.717, 1.165) is 35.2 Å². The summed E-state index contributed by atoms with van der Waals surface area (Å²) in [7, 11) is 0. The molecule has 1 aliphatic rings. The molecular formula is C16H20N4O. The van der Waals surface area contributed by atoms with Gasteiger partial charge in [-0.3, -0.25) is 4.98 Å². The zero-order chi connectivity index (χ0) is 14.8. The first-order valence-corrected chi connectivity index (χ1v) is 7.41. The molecule has 110 valence electrons. The molecule has 0 unspecified atom stereocenters. The van der Waals surface area contributed by atoms with Gasteiger partial charge in [-0.1, -0.05) is 0 Å². The third-order valence-corrected chi connectivity index (χ3v) is 3.57. The lowest BCUT2D eigenvalue weighted by atomic mass is 10.3. The Morgan fingerprint density at radius 1 is 1.29 bits per heavy atom. The number of aromatic nitrogens is 3. The highest BCUT2D eigenvalue weighted by Gasteiger charge is 2.28. The van der Waals surface area contributed by atoms with Crippen LogP contribution in [0.25, 0.3) is 0 Å². The van der Waals surface area contributed by atoms with Crippen molar-refractivity contribution in [3.05, 3.63) is 35.4 Å². The first-order valence-electron chi connectivity index (χ1n) is 7.41. The molecule has 0 aromatic carbocycles. The molecular weight excluding hydrogens is 264 g/mol. The van der Waals surface area contributed by atoms with Gasteiger partial charge in [0, 0.05) is 18.7 Å². The lowest BCUT2D eigenvalue weighted by Gasteiger charge is -2.14. The van der Waals surface area contributed by atoms with Crippen molar-refractivity contribution in [3.8, 4) is 11.6 Å². The minimum atomic E-state index is 0.486. The van der Waals surface area contributed by atoms with Gasteiger partial charge in [0.1, 0.15) is 11.6 Å². The maximum absolute atomic E-state index is 5.99. The Labute approximate surface area is 124 Å². The van der Waals surface area contributed by atoms with Crippen LogP contribution in [0, 0.1) is 13.8 Å². The van der Waals surface area contributed by atoms with Gasteiger partial charge in [0.15, 0.2) is 5.75 Å². The Balaban J connectivity index is 1.98. The van der Waals surface area contributed by atoms with E-state index in [9.17, 15) is 0 Å². The number of nitrogens with one attached hydrogen (secondary N) is 1. The molecule has 21 heavy (non-hydrogen) atoms. The van der Waals surface area contributed by atoms with Crippen molar-refractivity contribution in [2.75, 3.05) is 11.9 Å². The van der Waals surface area contributed by atoms with E-state index >= 15 is 0 Å². The molecule has 0 saturated heterocycles. The summed E-state index contributed by atoms with van der Waals surface area (Å²) >= 11 is 0. The van der Waals surface area contributed by atoms with Crippen LogP contribution in [-0.2, 0) is 0 Å². The second-order valence-corrected chi connectivity index (χ2v) is 5.35. The molecule has 1 aliphatic carbocycles. The Kier molecular flexibility index (Phi) is 3.73. The minimum absolute atomic E-state index is 0.486. The first kappa shape index (κ1) is 13.8. The second kappa shape index (κ2) is 5.68. The summed E-state index contributed by atoms with van der Waals surface area (Å²) in [5.74, 6) is 3.60. The van der Waals surface area contributed by atoms with Gasteiger partial charge in [0.05, 0.1) is 11.3 Å². The molecule has 2 aromatic heterocycles. The number of rotatable bonds is 5. The number of nitrogens with zero attached hydrogens (tertiary/aromatic N) is 3. The molecule has 0 bridgehead atoms. The standard InChI is InChI=1S/C16H20N4O/c1-4-17-14-10(2)16(20-15(19-14)12-7-8-12)21-13-6-5-9-18-11(13)3/h5-6,9,12H,4,7-8H2,1-3H3,(H,17,19,20). The van der Waals surface area contributed by atoms with Crippen LogP contribution < -0.4 is 10.1 Å². The van der Waals surface area contributed by atoms with Crippen molar-refractivity contribution in [2.24, 2.45) is 0 Å². The van der Waals surface area contributed by atoms with Crippen LogP contribution in [0.4, 0.5) is 5.82 Å². The number of aryl methyl sites for hydroxylation is 1. The van der Waals surface area contributed by atoms with Crippen LogP contribution in [0.1, 0.15) is 42.8 Å². The van der Waals surface area contributed by atoms with E-state index in [2.05, 4.69) is 27.2 Å². The summed E-state index contributed by atoms with van der Waals surface area (Å²) in [6, 6.07) is 3.78. The first-order chi connectivity index (χ1) is 10.2. The van der Waals surface area contributed by atoms with Crippen LogP contribution in [0.2, 0.25) is 0 Å². The number of pyridine rings is 1. The minimum Gasteiger partial charge on any atom is -0.437 e. The topological polar surface area (TPSA) is 59.9 Å². The van der Waals surface area contributed by atoms with Crippen molar-refractivity contribution in [3.63, 3.8) is 0 Å². The molecule has 2 aromatic rings. The highest BCUT2D eigenvalue weighted by atomic mass is 16.5. The van der Waals surface area contributed by atoms with Gasteiger partial charge < -0.3 is 10.1 Å². The molecule has 2 heterocycles. The highest BCUT2D eigenvalue weighted by molar-refractivity contribution is 5.50. The lowest BCUT2D eigenvalue weighted by Crippen LogP contribution is -2.07. The third kappa shape index (κ3) is 2.96. The Hall–Kier alpha value is -2.17. The molecule has 3 rings (SSSR count). The van der Waals surface area contributed by atoms with Crippen molar-refractivity contribution in [2.45, 2.75) is 39.5 Å². The van der Waals surface area contributed by atoms with Crippen molar-refractivity contribution in [1.29, 1.82) is 0 Å². The van der Waals surface area contributed by atoms with Gasteiger partial charge in [-0.25, -0.2) is 4.98 Å². The second-order valence-electron chi connectivity index (χ2n) is 5.35. The normalized spacial score (nSPS) is 14.0. The molecule has 0 spiro atoms. The van der Waals surface area contributed by atoms with Crippen molar-refractivity contribution < 1.29 is 4.74 Å². The van der Waals surface area contributed by atoms with Gasteiger partial charge in [0.2, 0.25) is 5.88 Å². The average molecular weight is 284 g/mol. The fourth-order valence-electron chi connectivity index (χ4n) is 2.16. The molecule has 0 radical (unpaired) electrons. The smallest absolute Gasteiger partial charge is 0.227 e. The fourth-order valence-corrected chi connectivity index (χ4v) is 2.16. The average Bonchev–Trinajstić information content (AvgIpc) is 3.30. The van der Waals surface area contributed by atoms with E-state index in [1.807, 2.05) is 26.0 Å². The molecule has 1 N–H and O–H groups in total. The van der Waals surface area contributed by atoms with E-state index in [-0.39, 0.29) is 0 Å². The van der Waals surface area contributed by atoms with E-state index in [1.165, 1.54) is 12.8 Å². The molecule has 1 fully saturated rings. The maximum Gasteiger partial charge on any atom is 0.227 e. The van der Waals surface area contributed by atoms with Crippen LogP contribution in [0.3, 0.4) is 0 Å². The monoisotopic (exact) mass is 284 g/mol. The van der Waals surface area contributed by atoms with E-state index < -0.39 is 0 Å². The van der Waals surface area contributed by atoms with Crippen LogP contribution >= 0.6 is 0 Å². The molecule has 0 aliphatic heterocycles. The van der Waals surface area contributed by atoms with Crippen LogP contribution in [0.5, 0.6) is 11.6 Å². The summed E-state index contributed by atoms with van der Waals surface area (Å²) < 4.78 is 5.99. The van der Waals surface area contributed by atoms with E-state index in [1.54, 1.807) is 6.20 Å². The number of anilines is 1. The summed E-state index contributed by atoms with van der Waals surface area (Å²) in [4.78, 5) is 13.5. The summed E-state index contributed by atoms with van der Waals surface area (Å²) in [6.07, 6.45) is 4.09. The van der Waals surface area contributed by atoms with Gasteiger partial charge >= 0.3 is 0 Å². The Morgan fingerprint density at radius 3 is 2.76 bits per heavy atom. The quantitative estimate of drug-likeness (QED) is 0.909. The zero-order valence-electron chi connectivity index (χ0n) is 12.7. The Bertz CT molecular complexity index is 653. The van der Waals surface area contributed by atoms with Gasteiger partial charge in [-0.15, -0.1) is 0 Å². The third-order valence-electron chi connectivity index (χ3n) is 3.57.